The molecule has 3 nitrogen and oxygen atoms in total. The second-order valence-electron chi connectivity index (χ2n) is 5.70. The Morgan fingerprint density at radius 2 is 2.05 bits per heavy atom. The number of nitrogens with zero attached hydrogens (tertiary/aromatic N) is 1. The van der Waals surface area contributed by atoms with E-state index in [9.17, 15) is 9.18 Å². The predicted octanol–water partition coefficient (Wildman–Crippen LogP) is 2.74. The fourth-order valence-corrected chi connectivity index (χ4v) is 2.89. The molecule has 0 spiro atoms. The van der Waals surface area contributed by atoms with Gasteiger partial charge < -0.3 is 5.32 Å². The van der Waals surface area contributed by atoms with E-state index in [2.05, 4.69) is 24.1 Å². The van der Waals surface area contributed by atoms with Crippen LogP contribution in [-0.2, 0) is 4.79 Å². The summed E-state index contributed by atoms with van der Waals surface area (Å²) in [6.45, 7) is 6.73. The van der Waals surface area contributed by atoms with Crippen LogP contribution in [0.5, 0.6) is 0 Å². The number of halogens is 1. The number of rotatable bonds is 3. The van der Waals surface area contributed by atoms with Crippen molar-refractivity contribution >= 4 is 11.6 Å². The van der Waals surface area contributed by atoms with Crippen molar-refractivity contribution < 1.29 is 9.18 Å². The zero-order chi connectivity index (χ0) is 13.8. The number of benzene rings is 1. The molecule has 19 heavy (non-hydrogen) atoms. The smallest absolute Gasteiger partial charge is 0.238 e. The molecule has 0 saturated carbocycles. The first kappa shape index (κ1) is 14.0. The third-order valence-corrected chi connectivity index (χ3v) is 3.42. The highest BCUT2D eigenvalue weighted by Crippen LogP contribution is 2.20. The molecule has 104 valence electrons. The van der Waals surface area contributed by atoms with E-state index in [4.69, 9.17) is 0 Å². The van der Waals surface area contributed by atoms with Crippen molar-refractivity contribution in [2.45, 2.75) is 20.3 Å². The predicted molar refractivity (Wildman–Crippen MR) is 74.4 cm³/mol. The topological polar surface area (TPSA) is 32.3 Å². The van der Waals surface area contributed by atoms with Crippen LogP contribution in [0.2, 0.25) is 0 Å². The molecule has 0 aliphatic carbocycles. The highest BCUT2D eigenvalue weighted by atomic mass is 19.1. The number of anilines is 1. The van der Waals surface area contributed by atoms with Gasteiger partial charge in [0, 0.05) is 18.8 Å². The SMILES string of the molecule is C[C@@H]1C[C@H](C)CN(CC(=O)Nc2cccc(F)c2)C1. The number of hydrogen-bond acceptors (Lipinski definition) is 2. The Morgan fingerprint density at radius 3 is 2.68 bits per heavy atom. The summed E-state index contributed by atoms with van der Waals surface area (Å²) < 4.78 is 13.0. The Morgan fingerprint density at radius 1 is 1.37 bits per heavy atom. The first-order chi connectivity index (χ1) is 9.02. The van der Waals surface area contributed by atoms with Crippen LogP contribution in [0, 0.1) is 17.7 Å². The molecule has 0 radical (unpaired) electrons. The van der Waals surface area contributed by atoms with Gasteiger partial charge in [0.2, 0.25) is 5.91 Å². The van der Waals surface area contributed by atoms with E-state index < -0.39 is 0 Å². The lowest BCUT2D eigenvalue weighted by Crippen LogP contribution is -2.42. The molecule has 1 N–H and O–H groups in total. The van der Waals surface area contributed by atoms with Crippen LogP contribution in [0.3, 0.4) is 0 Å². The summed E-state index contributed by atoms with van der Waals surface area (Å²) in [7, 11) is 0. The second kappa shape index (κ2) is 6.15. The Hall–Kier alpha value is -1.42. The maximum atomic E-state index is 13.0. The third kappa shape index (κ3) is 4.31. The maximum absolute atomic E-state index is 13.0. The molecule has 1 aliphatic heterocycles. The van der Waals surface area contributed by atoms with E-state index in [-0.39, 0.29) is 11.7 Å². The summed E-state index contributed by atoms with van der Waals surface area (Å²) >= 11 is 0. The minimum atomic E-state index is -0.335. The molecule has 1 saturated heterocycles. The van der Waals surface area contributed by atoms with E-state index in [0.717, 1.165) is 13.1 Å². The van der Waals surface area contributed by atoms with Gasteiger partial charge in [0.05, 0.1) is 6.54 Å². The molecular weight excluding hydrogens is 243 g/mol. The first-order valence-electron chi connectivity index (χ1n) is 6.80. The lowest BCUT2D eigenvalue weighted by atomic mass is 9.92. The Kier molecular flexibility index (Phi) is 4.53. The monoisotopic (exact) mass is 264 g/mol. The molecule has 0 unspecified atom stereocenters. The molecule has 4 heteroatoms. The van der Waals surface area contributed by atoms with Gasteiger partial charge in [0.25, 0.3) is 0 Å². The van der Waals surface area contributed by atoms with Gasteiger partial charge in [-0.05, 0) is 36.5 Å². The van der Waals surface area contributed by atoms with Crippen LogP contribution in [0.4, 0.5) is 10.1 Å². The van der Waals surface area contributed by atoms with Crippen molar-refractivity contribution in [2.24, 2.45) is 11.8 Å². The molecule has 1 aliphatic rings. The summed E-state index contributed by atoms with van der Waals surface area (Å²) in [4.78, 5) is 14.1. The summed E-state index contributed by atoms with van der Waals surface area (Å²) in [5, 5.41) is 2.74. The molecule has 1 fully saturated rings. The number of carbonyl (C=O) groups is 1. The van der Waals surface area contributed by atoms with Crippen molar-refractivity contribution in [3.63, 3.8) is 0 Å². The minimum Gasteiger partial charge on any atom is -0.325 e. The van der Waals surface area contributed by atoms with E-state index in [1.807, 2.05) is 0 Å². The number of piperidine rings is 1. The molecule has 0 aromatic heterocycles. The molecule has 0 bridgehead atoms. The second-order valence-corrected chi connectivity index (χ2v) is 5.70. The lowest BCUT2D eigenvalue weighted by Gasteiger charge is -2.34. The summed E-state index contributed by atoms with van der Waals surface area (Å²) in [5.74, 6) is 0.848. The Labute approximate surface area is 113 Å². The normalized spacial score (nSPS) is 24.2. The quantitative estimate of drug-likeness (QED) is 0.910. The van der Waals surface area contributed by atoms with E-state index in [1.54, 1.807) is 12.1 Å². The number of likely N-dealkylation sites (tertiary alicyclic amines) is 1. The summed E-state index contributed by atoms with van der Waals surface area (Å²) in [6, 6.07) is 5.99. The van der Waals surface area contributed by atoms with Crippen LogP contribution >= 0.6 is 0 Å². The standard InChI is InChI=1S/C15H21FN2O/c1-11-6-12(2)9-18(8-11)10-15(19)17-14-5-3-4-13(16)7-14/h3-5,7,11-12H,6,8-10H2,1-2H3,(H,17,19)/t11-,12+. The van der Waals surface area contributed by atoms with Gasteiger partial charge in [0.15, 0.2) is 0 Å². The zero-order valence-electron chi connectivity index (χ0n) is 11.5. The van der Waals surface area contributed by atoms with Gasteiger partial charge in [-0.2, -0.15) is 0 Å². The van der Waals surface area contributed by atoms with Gasteiger partial charge in [-0.1, -0.05) is 19.9 Å². The molecule has 2 atom stereocenters. The number of carbonyl (C=O) groups excluding carboxylic acids is 1. The largest absolute Gasteiger partial charge is 0.325 e. The van der Waals surface area contributed by atoms with Crippen LogP contribution in [0.1, 0.15) is 20.3 Å². The van der Waals surface area contributed by atoms with Gasteiger partial charge >= 0.3 is 0 Å². The maximum Gasteiger partial charge on any atom is 0.238 e. The van der Waals surface area contributed by atoms with E-state index in [0.29, 0.717) is 24.1 Å². The van der Waals surface area contributed by atoms with Gasteiger partial charge in [-0.3, -0.25) is 9.69 Å². The van der Waals surface area contributed by atoms with Gasteiger partial charge in [-0.15, -0.1) is 0 Å². The van der Waals surface area contributed by atoms with E-state index in [1.165, 1.54) is 18.6 Å². The summed E-state index contributed by atoms with van der Waals surface area (Å²) in [5.41, 5.74) is 0.517. The van der Waals surface area contributed by atoms with Crippen molar-refractivity contribution in [2.75, 3.05) is 25.0 Å². The fraction of sp³-hybridized carbons (Fsp3) is 0.533. The van der Waals surface area contributed by atoms with Crippen LogP contribution < -0.4 is 5.32 Å². The Bertz CT molecular complexity index is 440. The highest BCUT2D eigenvalue weighted by Gasteiger charge is 2.23. The van der Waals surface area contributed by atoms with E-state index >= 15 is 0 Å². The number of nitrogens with one attached hydrogen (secondary N) is 1. The number of hydrogen-bond donors (Lipinski definition) is 1. The lowest BCUT2D eigenvalue weighted by molar-refractivity contribution is -0.117. The van der Waals surface area contributed by atoms with Crippen LogP contribution in [0.25, 0.3) is 0 Å². The third-order valence-electron chi connectivity index (χ3n) is 3.42. The molecule has 1 heterocycles. The molecular formula is C15H21FN2O. The molecule has 2 rings (SSSR count). The van der Waals surface area contributed by atoms with Gasteiger partial charge in [0.1, 0.15) is 5.82 Å². The minimum absolute atomic E-state index is 0.0769. The van der Waals surface area contributed by atoms with Crippen molar-refractivity contribution in [3.8, 4) is 0 Å². The average Bonchev–Trinajstić information content (AvgIpc) is 2.26. The summed E-state index contributed by atoms with van der Waals surface area (Å²) in [6.07, 6.45) is 1.22. The zero-order valence-corrected chi connectivity index (χ0v) is 11.5. The van der Waals surface area contributed by atoms with Gasteiger partial charge in [-0.25, -0.2) is 4.39 Å². The van der Waals surface area contributed by atoms with Crippen molar-refractivity contribution in [3.05, 3.63) is 30.1 Å². The number of amides is 1. The highest BCUT2D eigenvalue weighted by molar-refractivity contribution is 5.92. The van der Waals surface area contributed by atoms with Crippen LogP contribution in [-0.4, -0.2) is 30.4 Å². The molecule has 1 aromatic carbocycles. The average molecular weight is 264 g/mol. The Balaban J connectivity index is 1.87. The molecule has 1 amide bonds. The fourth-order valence-electron chi connectivity index (χ4n) is 2.89. The molecule has 1 aromatic rings. The van der Waals surface area contributed by atoms with Crippen LogP contribution in [0.15, 0.2) is 24.3 Å². The van der Waals surface area contributed by atoms with Crippen molar-refractivity contribution in [1.82, 2.24) is 4.90 Å². The first-order valence-corrected chi connectivity index (χ1v) is 6.80. The van der Waals surface area contributed by atoms with Crippen molar-refractivity contribution in [1.29, 1.82) is 0 Å².